The normalized spacial score (nSPS) is 9.95. The van der Waals surface area contributed by atoms with Crippen LogP contribution in [0.15, 0.2) is 48.5 Å². The zero-order valence-corrected chi connectivity index (χ0v) is 10.5. The van der Waals surface area contributed by atoms with Crippen molar-refractivity contribution < 1.29 is 9.59 Å². The molecule has 0 heterocycles. The van der Waals surface area contributed by atoms with Crippen LogP contribution in [0.5, 0.6) is 0 Å². The number of hydrogen-bond donors (Lipinski definition) is 2. The zero-order chi connectivity index (χ0) is 13.8. The molecule has 2 rings (SSSR count). The van der Waals surface area contributed by atoms with E-state index in [-0.39, 0.29) is 11.7 Å². The van der Waals surface area contributed by atoms with Crippen LogP contribution in [0.4, 0.5) is 11.4 Å². The fraction of sp³-hybridized carbons (Fsp3) is 0.0667. The van der Waals surface area contributed by atoms with Gasteiger partial charge in [-0.15, -0.1) is 0 Å². The van der Waals surface area contributed by atoms with Gasteiger partial charge in [0.25, 0.3) is 5.91 Å². The van der Waals surface area contributed by atoms with Gasteiger partial charge in [0.15, 0.2) is 5.78 Å². The van der Waals surface area contributed by atoms with Crippen molar-refractivity contribution in [1.82, 2.24) is 0 Å². The molecule has 0 aliphatic rings. The number of benzene rings is 2. The van der Waals surface area contributed by atoms with Crippen molar-refractivity contribution in [2.75, 3.05) is 11.1 Å². The van der Waals surface area contributed by atoms with Crippen molar-refractivity contribution in [1.29, 1.82) is 0 Å². The summed E-state index contributed by atoms with van der Waals surface area (Å²) in [5.41, 5.74) is 7.70. The first-order valence-electron chi connectivity index (χ1n) is 5.85. The Morgan fingerprint density at radius 1 is 1.05 bits per heavy atom. The van der Waals surface area contributed by atoms with Crippen LogP contribution in [0.3, 0.4) is 0 Å². The summed E-state index contributed by atoms with van der Waals surface area (Å²) in [6.45, 7) is 1.48. The van der Waals surface area contributed by atoms with E-state index in [9.17, 15) is 9.59 Å². The molecule has 0 spiro atoms. The van der Waals surface area contributed by atoms with Crippen LogP contribution >= 0.6 is 0 Å². The summed E-state index contributed by atoms with van der Waals surface area (Å²) in [7, 11) is 0. The molecule has 0 bridgehead atoms. The molecule has 0 saturated carbocycles. The van der Waals surface area contributed by atoms with Gasteiger partial charge in [0.2, 0.25) is 0 Å². The van der Waals surface area contributed by atoms with E-state index in [4.69, 9.17) is 5.73 Å². The van der Waals surface area contributed by atoms with Crippen molar-refractivity contribution >= 4 is 23.1 Å². The van der Waals surface area contributed by atoms with Gasteiger partial charge in [0.1, 0.15) is 0 Å². The highest BCUT2D eigenvalue weighted by Crippen LogP contribution is 2.15. The fourth-order valence-corrected chi connectivity index (χ4v) is 1.72. The molecule has 0 aromatic heterocycles. The number of anilines is 2. The quantitative estimate of drug-likeness (QED) is 0.653. The minimum Gasteiger partial charge on any atom is -0.398 e. The van der Waals surface area contributed by atoms with E-state index in [0.717, 1.165) is 0 Å². The average Bonchev–Trinajstić information content (AvgIpc) is 2.39. The molecule has 3 N–H and O–H groups in total. The molecule has 1 amide bonds. The first-order chi connectivity index (χ1) is 9.08. The van der Waals surface area contributed by atoms with Crippen LogP contribution in [0.2, 0.25) is 0 Å². The number of rotatable bonds is 3. The molecular weight excluding hydrogens is 240 g/mol. The van der Waals surface area contributed by atoms with Crippen LogP contribution in [0.1, 0.15) is 27.6 Å². The van der Waals surface area contributed by atoms with E-state index >= 15 is 0 Å². The molecule has 0 unspecified atom stereocenters. The number of amides is 1. The second kappa shape index (κ2) is 5.35. The molecule has 2 aromatic carbocycles. The van der Waals surface area contributed by atoms with Crippen LogP contribution in [0.25, 0.3) is 0 Å². The van der Waals surface area contributed by atoms with Gasteiger partial charge in [-0.3, -0.25) is 9.59 Å². The Morgan fingerprint density at radius 2 is 1.79 bits per heavy atom. The summed E-state index contributed by atoms with van der Waals surface area (Å²) in [6, 6.07) is 13.6. The molecule has 0 aliphatic heterocycles. The molecule has 96 valence electrons. The standard InChI is InChI=1S/C15H14N2O2/c1-10(18)11-5-4-6-12(9-11)17-15(19)13-7-2-3-8-14(13)16/h2-9H,16H2,1H3,(H,17,19). The first kappa shape index (κ1) is 12.8. The monoisotopic (exact) mass is 254 g/mol. The van der Waals surface area contributed by atoms with E-state index in [1.165, 1.54) is 6.92 Å². The van der Waals surface area contributed by atoms with Gasteiger partial charge in [0.05, 0.1) is 5.56 Å². The third-order valence-electron chi connectivity index (χ3n) is 2.73. The Bertz CT molecular complexity index is 636. The fourth-order valence-electron chi connectivity index (χ4n) is 1.72. The minimum absolute atomic E-state index is 0.0460. The lowest BCUT2D eigenvalue weighted by molar-refractivity contribution is 0.101. The van der Waals surface area contributed by atoms with Crippen molar-refractivity contribution in [3.63, 3.8) is 0 Å². The molecule has 0 radical (unpaired) electrons. The van der Waals surface area contributed by atoms with Gasteiger partial charge < -0.3 is 11.1 Å². The van der Waals surface area contributed by atoms with Gasteiger partial charge in [-0.05, 0) is 31.2 Å². The molecule has 0 aliphatic carbocycles. The van der Waals surface area contributed by atoms with Gasteiger partial charge in [-0.1, -0.05) is 24.3 Å². The Morgan fingerprint density at radius 3 is 2.47 bits per heavy atom. The maximum Gasteiger partial charge on any atom is 0.257 e. The number of hydrogen-bond acceptors (Lipinski definition) is 3. The Kier molecular flexibility index (Phi) is 3.61. The average molecular weight is 254 g/mol. The Balaban J connectivity index is 2.22. The summed E-state index contributed by atoms with van der Waals surface area (Å²) in [5.74, 6) is -0.339. The van der Waals surface area contributed by atoms with E-state index in [1.54, 1.807) is 48.5 Å². The van der Waals surface area contributed by atoms with E-state index in [1.807, 2.05) is 0 Å². The number of carbonyl (C=O) groups is 2. The molecule has 4 nitrogen and oxygen atoms in total. The third-order valence-corrected chi connectivity index (χ3v) is 2.73. The molecule has 2 aromatic rings. The van der Waals surface area contributed by atoms with E-state index in [0.29, 0.717) is 22.5 Å². The van der Waals surface area contributed by atoms with Crippen molar-refractivity contribution in [2.24, 2.45) is 0 Å². The van der Waals surface area contributed by atoms with Crippen LogP contribution < -0.4 is 11.1 Å². The largest absolute Gasteiger partial charge is 0.398 e. The van der Waals surface area contributed by atoms with Crippen LogP contribution in [-0.2, 0) is 0 Å². The number of Topliss-reactive ketones (excluding diaryl/α,β-unsaturated/α-hetero) is 1. The molecular formula is C15H14N2O2. The smallest absolute Gasteiger partial charge is 0.257 e. The number of para-hydroxylation sites is 1. The lowest BCUT2D eigenvalue weighted by Gasteiger charge is -2.08. The third kappa shape index (κ3) is 2.98. The summed E-state index contributed by atoms with van der Waals surface area (Å²) >= 11 is 0. The lowest BCUT2D eigenvalue weighted by Crippen LogP contribution is -2.14. The summed E-state index contributed by atoms with van der Waals surface area (Å²) < 4.78 is 0. The topological polar surface area (TPSA) is 72.2 Å². The van der Waals surface area contributed by atoms with Crippen molar-refractivity contribution in [3.8, 4) is 0 Å². The highest BCUT2D eigenvalue weighted by atomic mass is 16.1. The number of nitrogens with one attached hydrogen (secondary N) is 1. The first-order valence-corrected chi connectivity index (χ1v) is 5.85. The number of nitrogen functional groups attached to an aromatic ring is 1. The molecule has 0 saturated heterocycles. The highest BCUT2D eigenvalue weighted by molar-refractivity contribution is 6.08. The van der Waals surface area contributed by atoms with Crippen molar-refractivity contribution in [2.45, 2.75) is 6.92 Å². The maximum atomic E-state index is 12.0. The van der Waals surface area contributed by atoms with Gasteiger partial charge >= 0.3 is 0 Å². The molecule has 19 heavy (non-hydrogen) atoms. The predicted molar refractivity (Wildman–Crippen MR) is 75.3 cm³/mol. The van der Waals surface area contributed by atoms with Gasteiger partial charge in [-0.25, -0.2) is 0 Å². The zero-order valence-electron chi connectivity index (χ0n) is 10.5. The second-order valence-corrected chi connectivity index (χ2v) is 4.18. The summed E-state index contributed by atoms with van der Waals surface area (Å²) in [5, 5.41) is 2.72. The van der Waals surface area contributed by atoms with Crippen molar-refractivity contribution in [3.05, 3.63) is 59.7 Å². The maximum absolute atomic E-state index is 12.0. The number of nitrogens with two attached hydrogens (primary N) is 1. The molecule has 4 heteroatoms. The molecule has 0 atom stereocenters. The SMILES string of the molecule is CC(=O)c1cccc(NC(=O)c2ccccc2N)c1. The lowest BCUT2D eigenvalue weighted by atomic mass is 10.1. The Labute approximate surface area is 111 Å². The number of ketones is 1. The highest BCUT2D eigenvalue weighted by Gasteiger charge is 2.09. The van der Waals surface area contributed by atoms with Gasteiger partial charge in [-0.2, -0.15) is 0 Å². The van der Waals surface area contributed by atoms with Crippen LogP contribution in [-0.4, -0.2) is 11.7 Å². The predicted octanol–water partition coefficient (Wildman–Crippen LogP) is 2.72. The van der Waals surface area contributed by atoms with E-state index in [2.05, 4.69) is 5.32 Å². The van der Waals surface area contributed by atoms with E-state index < -0.39 is 0 Å². The molecule has 0 fully saturated rings. The summed E-state index contributed by atoms with van der Waals surface area (Å²) in [6.07, 6.45) is 0. The minimum atomic E-state index is -0.293. The Hall–Kier alpha value is -2.62. The second-order valence-electron chi connectivity index (χ2n) is 4.18. The van der Waals surface area contributed by atoms with Crippen LogP contribution in [0, 0.1) is 0 Å². The summed E-state index contributed by atoms with van der Waals surface area (Å²) in [4.78, 5) is 23.3. The van der Waals surface area contributed by atoms with Gasteiger partial charge in [0, 0.05) is 16.9 Å². The number of carbonyl (C=O) groups excluding carboxylic acids is 2.